The summed E-state index contributed by atoms with van der Waals surface area (Å²) in [4.78, 5) is 0. The van der Waals surface area contributed by atoms with E-state index in [9.17, 15) is 10.2 Å². The zero-order valence-corrected chi connectivity index (χ0v) is 8.67. The van der Waals surface area contributed by atoms with E-state index in [0.29, 0.717) is 13.0 Å². The Morgan fingerprint density at radius 1 is 1.54 bits per heavy atom. The number of ether oxygens (including phenoxy) is 1. The Bertz CT molecular complexity index is 156. The van der Waals surface area contributed by atoms with Gasteiger partial charge in [-0.3, -0.25) is 0 Å². The van der Waals surface area contributed by atoms with Gasteiger partial charge in [0.1, 0.15) is 0 Å². The lowest BCUT2D eigenvalue weighted by Gasteiger charge is -2.13. The van der Waals surface area contributed by atoms with Crippen molar-refractivity contribution >= 4 is 0 Å². The monoisotopic (exact) mass is 187 g/mol. The lowest BCUT2D eigenvalue weighted by Crippen LogP contribution is -2.17. The minimum atomic E-state index is -0.830. The molecule has 1 N–H and O–H groups in total. The number of hydrogen-bond donors (Lipinski definition) is 1. The van der Waals surface area contributed by atoms with E-state index in [-0.39, 0.29) is 5.95 Å². The van der Waals surface area contributed by atoms with Gasteiger partial charge in [-0.25, -0.2) is 5.11 Å². The second-order valence-corrected chi connectivity index (χ2v) is 3.74. The minimum Gasteiger partial charge on any atom is -0.463 e. The summed E-state index contributed by atoms with van der Waals surface area (Å²) in [5.41, 5.74) is -0.830. The normalized spacial score (nSPS) is 13.1. The first-order valence-electron chi connectivity index (χ1n) is 4.68. The molecule has 0 saturated heterocycles. The SMILES string of the molecule is CCCCOC([O])=CCC(C)(C)O. The van der Waals surface area contributed by atoms with Gasteiger partial charge in [-0.1, -0.05) is 13.3 Å². The Kier molecular flexibility index (Phi) is 5.55. The summed E-state index contributed by atoms with van der Waals surface area (Å²) < 4.78 is 4.87. The molecule has 0 aromatic heterocycles. The Morgan fingerprint density at radius 2 is 2.15 bits per heavy atom. The first kappa shape index (κ1) is 12.3. The molecule has 0 amide bonds. The van der Waals surface area contributed by atoms with E-state index in [0.717, 1.165) is 12.8 Å². The van der Waals surface area contributed by atoms with Gasteiger partial charge >= 0.3 is 5.95 Å². The van der Waals surface area contributed by atoms with Crippen LogP contribution in [-0.2, 0) is 9.84 Å². The van der Waals surface area contributed by atoms with E-state index in [1.807, 2.05) is 6.92 Å². The van der Waals surface area contributed by atoms with Crippen molar-refractivity contribution in [2.24, 2.45) is 0 Å². The highest BCUT2D eigenvalue weighted by Gasteiger charge is 2.11. The van der Waals surface area contributed by atoms with Gasteiger partial charge in [-0.15, -0.1) is 0 Å². The van der Waals surface area contributed by atoms with Crippen LogP contribution in [0.1, 0.15) is 40.0 Å². The molecule has 13 heavy (non-hydrogen) atoms. The lowest BCUT2D eigenvalue weighted by molar-refractivity contribution is 0.0421. The first-order valence-corrected chi connectivity index (χ1v) is 4.68. The second-order valence-electron chi connectivity index (χ2n) is 3.74. The topological polar surface area (TPSA) is 49.4 Å². The van der Waals surface area contributed by atoms with Gasteiger partial charge in [0.15, 0.2) is 0 Å². The predicted molar refractivity (Wildman–Crippen MR) is 50.5 cm³/mol. The van der Waals surface area contributed by atoms with Crippen molar-refractivity contribution in [3.05, 3.63) is 12.0 Å². The van der Waals surface area contributed by atoms with Crippen LogP contribution in [-0.4, -0.2) is 17.3 Å². The molecule has 3 nitrogen and oxygen atoms in total. The number of hydrogen-bond acceptors (Lipinski definition) is 2. The van der Waals surface area contributed by atoms with E-state index in [4.69, 9.17) is 4.74 Å². The van der Waals surface area contributed by atoms with E-state index >= 15 is 0 Å². The van der Waals surface area contributed by atoms with Crippen LogP contribution < -0.4 is 0 Å². The van der Waals surface area contributed by atoms with Gasteiger partial charge in [-0.2, -0.15) is 0 Å². The molecule has 0 aliphatic heterocycles. The molecular formula is C10H19O3. The average Bonchev–Trinajstić information content (AvgIpc) is 2.00. The summed E-state index contributed by atoms with van der Waals surface area (Å²) in [5, 5.41) is 20.3. The molecule has 0 aliphatic carbocycles. The molecule has 0 spiro atoms. The Hall–Kier alpha value is -0.700. The van der Waals surface area contributed by atoms with Gasteiger partial charge in [0.2, 0.25) is 0 Å². The molecule has 0 unspecified atom stereocenters. The highest BCUT2D eigenvalue weighted by molar-refractivity contribution is 4.87. The quantitative estimate of drug-likeness (QED) is 0.512. The summed E-state index contributed by atoms with van der Waals surface area (Å²) in [7, 11) is 0. The van der Waals surface area contributed by atoms with Crippen LogP contribution in [0.2, 0.25) is 0 Å². The van der Waals surface area contributed by atoms with E-state index in [1.165, 1.54) is 6.08 Å². The van der Waals surface area contributed by atoms with Gasteiger partial charge in [0, 0.05) is 12.5 Å². The lowest BCUT2D eigenvalue weighted by atomic mass is 10.1. The van der Waals surface area contributed by atoms with Crippen LogP contribution in [0.5, 0.6) is 0 Å². The predicted octanol–water partition coefficient (Wildman–Crippen LogP) is 2.24. The summed E-state index contributed by atoms with van der Waals surface area (Å²) in [6, 6.07) is 0. The van der Waals surface area contributed by atoms with Gasteiger partial charge in [0.05, 0.1) is 12.2 Å². The zero-order valence-electron chi connectivity index (χ0n) is 8.67. The van der Waals surface area contributed by atoms with Crippen molar-refractivity contribution in [2.45, 2.75) is 45.6 Å². The third-order valence-electron chi connectivity index (χ3n) is 1.51. The molecule has 0 heterocycles. The smallest absolute Gasteiger partial charge is 0.326 e. The van der Waals surface area contributed by atoms with Crippen molar-refractivity contribution in [3.63, 3.8) is 0 Å². The number of aliphatic hydroxyl groups is 1. The standard InChI is InChI=1S/C10H19O3/c1-4-5-8-13-9(11)6-7-10(2,3)12/h6,12H,4-5,7-8H2,1-3H3. The molecule has 0 aromatic rings. The van der Waals surface area contributed by atoms with Crippen molar-refractivity contribution in [1.82, 2.24) is 0 Å². The molecule has 0 aliphatic rings. The molecular weight excluding hydrogens is 168 g/mol. The summed E-state index contributed by atoms with van der Waals surface area (Å²) >= 11 is 0. The minimum absolute atomic E-state index is 0.331. The number of unbranched alkanes of at least 4 members (excludes halogenated alkanes) is 1. The first-order chi connectivity index (χ1) is 5.95. The highest BCUT2D eigenvalue weighted by Crippen LogP contribution is 2.10. The third kappa shape index (κ3) is 9.21. The summed E-state index contributed by atoms with van der Waals surface area (Å²) in [5.74, 6) is -0.337. The fourth-order valence-corrected chi connectivity index (χ4v) is 0.709. The molecule has 77 valence electrons. The van der Waals surface area contributed by atoms with Crippen LogP contribution in [0.4, 0.5) is 0 Å². The van der Waals surface area contributed by atoms with Crippen LogP contribution in [0.15, 0.2) is 12.0 Å². The molecule has 1 radical (unpaired) electrons. The fraction of sp³-hybridized carbons (Fsp3) is 0.800. The Morgan fingerprint density at radius 3 is 2.62 bits per heavy atom. The van der Waals surface area contributed by atoms with Crippen molar-refractivity contribution in [3.8, 4) is 0 Å². The molecule has 0 fully saturated rings. The van der Waals surface area contributed by atoms with Crippen LogP contribution >= 0.6 is 0 Å². The number of rotatable bonds is 6. The van der Waals surface area contributed by atoms with Crippen LogP contribution in [0.3, 0.4) is 0 Å². The van der Waals surface area contributed by atoms with E-state index in [2.05, 4.69) is 0 Å². The molecule has 0 aromatic carbocycles. The Balaban J connectivity index is 3.63. The maximum atomic E-state index is 11.0. The van der Waals surface area contributed by atoms with E-state index < -0.39 is 5.60 Å². The third-order valence-corrected chi connectivity index (χ3v) is 1.51. The maximum absolute atomic E-state index is 11.0. The molecule has 3 heteroatoms. The summed E-state index contributed by atoms with van der Waals surface area (Å²) in [6.07, 6.45) is 3.62. The zero-order chi connectivity index (χ0) is 10.3. The van der Waals surface area contributed by atoms with Crippen LogP contribution in [0.25, 0.3) is 0 Å². The molecule has 0 bridgehead atoms. The van der Waals surface area contributed by atoms with Gasteiger partial charge in [0.25, 0.3) is 0 Å². The van der Waals surface area contributed by atoms with Crippen molar-refractivity contribution in [2.75, 3.05) is 6.61 Å². The molecule has 0 saturated carbocycles. The highest BCUT2D eigenvalue weighted by atomic mass is 16.6. The largest absolute Gasteiger partial charge is 0.463 e. The van der Waals surface area contributed by atoms with Crippen molar-refractivity contribution in [1.29, 1.82) is 0 Å². The van der Waals surface area contributed by atoms with Crippen LogP contribution in [0, 0.1) is 0 Å². The fourth-order valence-electron chi connectivity index (χ4n) is 0.709. The average molecular weight is 187 g/mol. The van der Waals surface area contributed by atoms with Gasteiger partial charge < -0.3 is 9.84 Å². The molecule has 0 atom stereocenters. The molecule has 0 rings (SSSR count). The van der Waals surface area contributed by atoms with Gasteiger partial charge in [-0.05, 0) is 20.3 Å². The van der Waals surface area contributed by atoms with E-state index in [1.54, 1.807) is 13.8 Å². The Labute approximate surface area is 80.0 Å². The second kappa shape index (κ2) is 5.86. The summed E-state index contributed by atoms with van der Waals surface area (Å²) in [6.45, 7) is 5.82. The van der Waals surface area contributed by atoms with Crippen molar-refractivity contribution < 1.29 is 14.9 Å². The maximum Gasteiger partial charge on any atom is 0.326 e.